The van der Waals surface area contributed by atoms with Gasteiger partial charge in [0.1, 0.15) is 5.65 Å². The van der Waals surface area contributed by atoms with Gasteiger partial charge in [-0.1, -0.05) is 0 Å². The molecule has 124 valence electrons. The SMILES string of the molecule is Nc1nccc(-c2c[nH]c3nccc(N4CCC[C@H]4CCO)c23)n1. The van der Waals surface area contributed by atoms with Gasteiger partial charge in [0.2, 0.25) is 5.95 Å². The average Bonchev–Trinajstić information content (AvgIpc) is 3.21. The molecule has 0 saturated carbocycles. The minimum Gasteiger partial charge on any atom is -0.396 e. The largest absolute Gasteiger partial charge is 0.396 e. The average molecular weight is 324 g/mol. The van der Waals surface area contributed by atoms with E-state index >= 15 is 0 Å². The van der Waals surface area contributed by atoms with Crippen molar-refractivity contribution in [2.75, 3.05) is 23.8 Å². The van der Waals surface area contributed by atoms with E-state index in [1.165, 1.54) is 0 Å². The fraction of sp³-hybridized carbons (Fsp3) is 0.353. The standard InChI is InChI=1S/C17H20N6O/c18-17-20-6-3-13(22-17)12-10-21-16-15(12)14(4-7-19-16)23-8-1-2-11(23)5-9-24/h3-4,6-7,10-11,24H,1-2,5,8-9H2,(H,19,21)(H2,18,20,22)/t11-/m0/s1. The molecule has 1 aliphatic heterocycles. The highest BCUT2D eigenvalue weighted by Gasteiger charge is 2.27. The van der Waals surface area contributed by atoms with E-state index in [2.05, 4.69) is 24.8 Å². The molecule has 24 heavy (non-hydrogen) atoms. The van der Waals surface area contributed by atoms with Crippen molar-refractivity contribution in [3.05, 3.63) is 30.7 Å². The minimum atomic E-state index is 0.206. The van der Waals surface area contributed by atoms with Crippen LogP contribution in [0.1, 0.15) is 19.3 Å². The normalized spacial score (nSPS) is 17.7. The van der Waals surface area contributed by atoms with E-state index < -0.39 is 0 Å². The molecular weight excluding hydrogens is 304 g/mol. The van der Waals surface area contributed by atoms with Gasteiger partial charge >= 0.3 is 0 Å². The number of anilines is 2. The van der Waals surface area contributed by atoms with Crippen molar-refractivity contribution >= 4 is 22.7 Å². The predicted octanol–water partition coefficient (Wildman–Crippen LogP) is 1.95. The number of fused-ring (bicyclic) bond motifs is 1. The Morgan fingerprint density at radius 1 is 1.29 bits per heavy atom. The molecule has 3 aromatic rings. The highest BCUT2D eigenvalue weighted by Crippen LogP contribution is 2.37. The second-order valence-corrected chi connectivity index (χ2v) is 6.06. The molecule has 0 radical (unpaired) electrons. The van der Waals surface area contributed by atoms with Gasteiger partial charge in [-0.05, 0) is 31.4 Å². The van der Waals surface area contributed by atoms with Crippen molar-refractivity contribution in [3.63, 3.8) is 0 Å². The summed E-state index contributed by atoms with van der Waals surface area (Å²) >= 11 is 0. The van der Waals surface area contributed by atoms with E-state index in [4.69, 9.17) is 5.73 Å². The van der Waals surface area contributed by atoms with Crippen LogP contribution in [0.4, 0.5) is 11.6 Å². The molecule has 4 N–H and O–H groups in total. The Morgan fingerprint density at radius 3 is 3.00 bits per heavy atom. The van der Waals surface area contributed by atoms with Gasteiger partial charge in [-0.15, -0.1) is 0 Å². The maximum atomic E-state index is 9.35. The fourth-order valence-corrected chi connectivity index (χ4v) is 3.61. The lowest BCUT2D eigenvalue weighted by Crippen LogP contribution is -2.30. The Morgan fingerprint density at radius 2 is 2.17 bits per heavy atom. The molecule has 7 heteroatoms. The second-order valence-electron chi connectivity index (χ2n) is 6.06. The summed E-state index contributed by atoms with van der Waals surface area (Å²) in [7, 11) is 0. The number of aliphatic hydroxyl groups is 1. The first-order valence-corrected chi connectivity index (χ1v) is 8.20. The quantitative estimate of drug-likeness (QED) is 0.677. The minimum absolute atomic E-state index is 0.206. The summed E-state index contributed by atoms with van der Waals surface area (Å²) in [6.07, 6.45) is 8.42. The van der Waals surface area contributed by atoms with E-state index in [0.29, 0.717) is 6.04 Å². The maximum Gasteiger partial charge on any atom is 0.220 e. The molecule has 0 spiro atoms. The number of nitrogen functional groups attached to an aromatic ring is 1. The Kier molecular flexibility index (Phi) is 3.78. The second kappa shape index (κ2) is 6.09. The molecule has 1 fully saturated rings. The molecule has 1 atom stereocenters. The summed E-state index contributed by atoms with van der Waals surface area (Å²) in [5.41, 5.74) is 9.45. The van der Waals surface area contributed by atoms with E-state index in [1.54, 1.807) is 6.20 Å². The van der Waals surface area contributed by atoms with Crippen molar-refractivity contribution < 1.29 is 5.11 Å². The van der Waals surface area contributed by atoms with Crippen LogP contribution >= 0.6 is 0 Å². The molecule has 4 rings (SSSR count). The number of hydrogen-bond acceptors (Lipinski definition) is 6. The van der Waals surface area contributed by atoms with Crippen molar-refractivity contribution in [1.29, 1.82) is 0 Å². The van der Waals surface area contributed by atoms with Crippen molar-refractivity contribution in [2.45, 2.75) is 25.3 Å². The fourth-order valence-electron chi connectivity index (χ4n) is 3.61. The molecule has 4 heterocycles. The zero-order valence-corrected chi connectivity index (χ0v) is 13.3. The van der Waals surface area contributed by atoms with E-state index in [1.807, 2.05) is 24.5 Å². The van der Waals surface area contributed by atoms with Gasteiger partial charge in [0.15, 0.2) is 0 Å². The maximum absolute atomic E-state index is 9.35. The van der Waals surface area contributed by atoms with Crippen LogP contribution in [0.3, 0.4) is 0 Å². The number of nitrogens with one attached hydrogen (secondary N) is 1. The zero-order valence-electron chi connectivity index (χ0n) is 13.3. The molecule has 3 aromatic heterocycles. The van der Waals surface area contributed by atoms with Crippen LogP contribution in [0, 0.1) is 0 Å². The Bertz CT molecular complexity index is 861. The number of nitrogens with zero attached hydrogens (tertiary/aromatic N) is 4. The van der Waals surface area contributed by atoms with E-state index in [-0.39, 0.29) is 12.6 Å². The van der Waals surface area contributed by atoms with Gasteiger partial charge in [0.05, 0.1) is 16.8 Å². The summed E-state index contributed by atoms with van der Waals surface area (Å²) in [5, 5.41) is 10.4. The van der Waals surface area contributed by atoms with Crippen LogP contribution in [0.15, 0.2) is 30.7 Å². The molecule has 1 aliphatic rings. The molecule has 7 nitrogen and oxygen atoms in total. The van der Waals surface area contributed by atoms with Crippen LogP contribution in [0.5, 0.6) is 0 Å². The van der Waals surface area contributed by atoms with Gasteiger partial charge in [0, 0.05) is 43.3 Å². The Labute approximate surface area is 139 Å². The molecular formula is C17H20N6O. The topological polar surface area (TPSA) is 104 Å². The van der Waals surface area contributed by atoms with Crippen LogP contribution in [-0.4, -0.2) is 44.2 Å². The van der Waals surface area contributed by atoms with E-state index in [0.717, 1.165) is 53.8 Å². The third kappa shape index (κ3) is 2.46. The first-order valence-electron chi connectivity index (χ1n) is 8.20. The molecule has 0 unspecified atom stereocenters. The smallest absolute Gasteiger partial charge is 0.220 e. The highest BCUT2D eigenvalue weighted by molar-refractivity contribution is 6.02. The van der Waals surface area contributed by atoms with Crippen LogP contribution in [0.25, 0.3) is 22.3 Å². The summed E-state index contributed by atoms with van der Waals surface area (Å²) in [6.45, 7) is 1.19. The lowest BCUT2D eigenvalue weighted by atomic mass is 10.1. The number of aromatic amines is 1. The van der Waals surface area contributed by atoms with Gasteiger partial charge < -0.3 is 20.7 Å². The zero-order chi connectivity index (χ0) is 16.5. The van der Waals surface area contributed by atoms with Gasteiger partial charge in [-0.25, -0.2) is 15.0 Å². The van der Waals surface area contributed by atoms with Crippen LogP contribution in [0.2, 0.25) is 0 Å². The van der Waals surface area contributed by atoms with E-state index in [9.17, 15) is 5.11 Å². The number of hydrogen-bond donors (Lipinski definition) is 3. The summed E-state index contributed by atoms with van der Waals surface area (Å²) in [5.74, 6) is 0.256. The number of H-pyrrole nitrogens is 1. The molecule has 1 saturated heterocycles. The first-order chi connectivity index (χ1) is 11.8. The molecule has 0 aliphatic carbocycles. The monoisotopic (exact) mass is 324 g/mol. The lowest BCUT2D eigenvalue weighted by Gasteiger charge is -2.27. The van der Waals surface area contributed by atoms with Crippen LogP contribution < -0.4 is 10.6 Å². The number of rotatable bonds is 4. The Balaban J connectivity index is 1.86. The number of aliphatic hydroxyl groups excluding tert-OH is 1. The molecule has 0 bridgehead atoms. The first kappa shape index (κ1) is 14.9. The molecule has 0 aromatic carbocycles. The predicted molar refractivity (Wildman–Crippen MR) is 93.6 cm³/mol. The van der Waals surface area contributed by atoms with Crippen LogP contribution in [-0.2, 0) is 0 Å². The molecule has 0 amide bonds. The number of pyridine rings is 1. The van der Waals surface area contributed by atoms with Crippen molar-refractivity contribution in [3.8, 4) is 11.3 Å². The van der Waals surface area contributed by atoms with Crippen molar-refractivity contribution in [1.82, 2.24) is 19.9 Å². The Hall–Kier alpha value is -2.67. The third-order valence-electron chi connectivity index (χ3n) is 4.65. The van der Waals surface area contributed by atoms with Gasteiger partial charge in [-0.2, -0.15) is 0 Å². The summed E-state index contributed by atoms with van der Waals surface area (Å²) in [6, 6.07) is 4.25. The number of aromatic nitrogens is 4. The summed E-state index contributed by atoms with van der Waals surface area (Å²) in [4.78, 5) is 18.4. The van der Waals surface area contributed by atoms with Gasteiger partial charge in [0.25, 0.3) is 0 Å². The lowest BCUT2D eigenvalue weighted by molar-refractivity contribution is 0.276. The van der Waals surface area contributed by atoms with Gasteiger partial charge in [-0.3, -0.25) is 0 Å². The highest BCUT2D eigenvalue weighted by atomic mass is 16.3. The van der Waals surface area contributed by atoms with Crippen molar-refractivity contribution in [2.24, 2.45) is 0 Å². The third-order valence-corrected chi connectivity index (χ3v) is 4.65. The summed E-state index contributed by atoms with van der Waals surface area (Å²) < 4.78 is 0. The number of nitrogens with two attached hydrogens (primary N) is 1.